The Hall–Kier alpha value is -2.63. The summed E-state index contributed by atoms with van der Waals surface area (Å²) < 4.78 is 15.4. The van der Waals surface area contributed by atoms with E-state index in [4.69, 9.17) is 0 Å². The van der Waals surface area contributed by atoms with E-state index >= 15 is 0 Å². The molecule has 0 aliphatic heterocycles. The topological polar surface area (TPSA) is 54.2 Å². The molecule has 0 bridgehead atoms. The second-order valence-corrected chi connectivity index (χ2v) is 6.03. The van der Waals surface area contributed by atoms with Gasteiger partial charge in [-0.05, 0) is 49.4 Å². The van der Waals surface area contributed by atoms with Crippen molar-refractivity contribution in [3.05, 3.63) is 47.4 Å². The van der Waals surface area contributed by atoms with Crippen LogP contribution in [-0.4, -0.2) is 21.6 Å². The number of fused-ring (bicyclic) bond motifs is 1. The summed E-state index contributed by atoms with van der Waals surface area (Å²) in [6, 6.07) is 6.76. The van der Waals surface area contributed by atoms with Crippen LogP contribution in [0.25, 0.3) is 5.65 Å². The first kappa shape index (κ1) is 14.0. The molecule has 2 aromatic heterocycles. The number of aryl methyl sites for hydroxylation is 1. The monoisotopic (exact) mass is 311 g/mol. The van der Waals surface area contributed by atoms with Gasteiger partial charge in [-0.1, -0.05) is 0 Å². The zero-order chi connectivity index (χ0) is 16.0. The number of nitrogens with zero attached hydrogens (tertiary/aromatic N) is 3. The number of hydrogen-bond donors (Lipinski definition) is 2. The van der Waals surface area contributed by atoms with E-state index in [1.54, 1.807) is 4.52 Å². The lowest BCUT2D eigenvalue weighted by Crippen LogP contribution is -2.04. The molecule has 1 aliphatic rings. The van der Waals surface area contributed by atoms with Gasteiger partial charge in [0.25, 0.3) is 0 Å². The van der Waals surface area contributed by atoms with E-state index in [1.165, 1.54) is 30.5 Å². The highest BCUT2D eigenvalue weighted by atomic mass is 19.1. The SMILES string of the molecule is CNc1cc(Nc2cc(C)cc(F)c2)n2ncc(C3CC3)c2n1. The quantitative estimate of drug-likeness (QED) is 0.768. The maximum atomic E-state index is 13.6. The summed E-state index contributed by atoms with van der Waals surface area (Å²) in [6.07, 6.45) is 4.28. The average molecular weight is 311 g/mol. The molecular formula is C17H18FN5. The van der Waals surface area contributed by atoms with Crippen molar-refractivity contribution in [3.8, 4) is 0 Å². The number of rotatable bonds is 4. The van der Waals surface area contributed by atoms with Crippen LogP contribution < -0.4 is 10.6 Å². The van der Waals surface area contributed by atoms with Crippen molar-refractivity contribution in [1.29, 1.82) is 0 Å². The summed E-state index contributed by atoms with van der Waals surface area (Å²) >= 11 is 0. The Bertz CT molecular complexity index is 862. The molecule has 0 spiro atoms. The summed E-state index contributed by atoms with van der Waals surface area (Å²) in [4.78, 5) is 4.63. The number of nitrogens with one attached hydrogen (secondary N) is 2. The first-order valence-electron chi connectivity index (χ1n) is 7.74. The fourth-order valence-corrected chi connectivity index (χ4v) is 2.84. The molecule has 23 heavy (non-hydrogen) atoms. The number of hydrogen-bond acceptors (Lipinski definition) is 4. The molecule has 1 fully saturated rings. The lowest BCUT2D eigenvalue weighted by Gasteiger charge is -2.11. The summed E-state index contributed by atoms with van der Waals surface area (Å²) in [5.41, 5.74) is 3.60. The summed E-state index contributed by atoms with van der Waals surface area (Å²) in [5.74, 6) is 1.83. The van der Waals surface area contributed by atoms with Gasteiger partial charge in [-0.3, -0.25) is 0 Å². The molecule has 1 aliphatic carbocycles. The molecule has 0 saturated heterocycles. The molecule has 2 heterocycles. The molecule has 1 saturated carbocycles. The van der Waals surface area contributed by atoms with Crippen molar-refractivity contribution >= 4 is 23.0 Å². The lowest BCUT2D eigenvalue weighted by molar-refractivity contribution is 0.627. The Morgan fingerprint density at radius 3 is 2.74 bits per heavy atom. The van der Waals surface area contributed by atoms with Crippen LogP contribution in [0, 0.1) is 12.7 Å². The zero-order valence-corrected chi connectivity index (χ0v) is 13.1. The van der Waals surface area contributed by atoms with E-state index in [0.29, 0.717) is 11.6 Å². The summed E-state index contributed by atoms with van der Waals surface area (Å²) in [7, 11) is 1.84. The van der Waals surface area contributed by atoms with Gasteiger partial charge in [0.05, 0.1) is 6.20 Å². The highest BCUT2D eigenvalue weighted by Crippen LogP contribution is 2.42. The first-order valence-corrected chi connectivity index (χ1v) is 7.74. The van der Waals surface area contributed by atoms with Gasteiger partial charge in [0.2, 0.25) is 0 Å². The van der Waals surface area contributed by atoms with Crippen LogP contribution in [0.4, 0.5) is 21.7 Å². The Morgan fingerprint density at radius 2 is 2.04 bits per heavy atom. The fraction of sp³-hybridized carbons (Fsp3) is 0.294. The molecule has 118 valence electrons. The van der Waals surface area contributed by atoms with Gasteiger partial charge in [-0.15, -0.1) is 0 Å². The molecule has 3 aromatic rings. The van der Waals surface area contributed by atoms with Crippen molar-refractivity contribution in [1.82, 2.24) is 14.6 Å². The fourth-order valence-electron chi connectivity index (χ4n) is 2.84. The predicted molar refractivity (Wildman–Crippen MR) is 88.9 cm³/mol. The van der Waals surface area contributed by atoms with E-state index < -0.39 is 0 Å². The maximum Gasteiger partial charge on any atom is 0.163 e. The molecular weight excluding hydrogens is 293 g/mol. The summed E-state index contributed by atoms with van der Waals surface area (Å²) in [6.45, 7) is 1.87. The van der Waals surface area contributed by atoms with Gasteiger partial charge >= 0.3 is 0 Å². The Morgan fingerprint density at radius 1 is 1.22 bits per heavy atom. The molecule has 5 nitrogen and oxygen atoms in total. The van der Waals surface area contributed by atoms with E-state index in [9.17, 15) is 4.39 Å². The molecule has 0 atom stereocenters. The Labute approximate surface area is 133 Å². The largest absolute Gasteiger partial charge is 0.373 e. The molecule has 6 heteroatoms. The zero-order valence-electron chi connectivity index (χ0n) is 13.1. The maximum absolute atomic E-state index is 13.6. The average Bonchev–Trinajstić information content (AvgIpc) is 3.25. The van der Waals surface area contributed by atoms with Crippen LogP contribution in [0.5, 0.6) is 0 Å². The van der Waals surface area contributed by atoms with E-state index in [-0.39, 0.29) is 5.82 Å². The third-order valence-corrected chi connectivity index (χ3v) is 4.09. The standard InChI is InChI=1S/C17H18FN5/c1-10-5-12(18)7-13(6-10)21-16-8-15(19-2)22-17-14(11-3-4-11)9-20-23(16)17/h5-9,11,21H,3-4H2,1-2H3,(H,19,22). The minimum atomic E-state index is -0.259. The van der Waals surface area contributed by atoms with Crippen LogP contribution in [-0.2, 0) is 0 Å². The molecule has 0 unspecified atom stereocenters. The normalized spacial score (nSPS) is 14.2. The van der Waals surface area contributed by atoms with E-state index in [0.717, 1.165) is 22.8 Å². The molecule has 0 amide bonds. The van der Waals surface area contributed by atoms with Crippen LogP contribution >= 0.6 is 0 Å². The van der Waals surface area contributed by atoms with Crippen LogP contribution in [0.1, 0.15) is 29.9 Å². The predicted octanol–water partition coefficient (Wildman–Crippen LogP) is 3.84. The van der Waals surface area contributed by atoms with E-state index in [1.807, 2.05) is 32.3 Å². The van der Waals surface area contributed by atoms with Crippen molar-refractivity contribution < 1.29 is 4.39 Å². The van der Waals surface area contributed by atoms with Crippen LogP contribution in [0.15, 0.2) is 30.5 Å². The minimum Gasteiger partial charge on any atom is -0.373 e. The van der Waals surface area contributed by atoms with Crippen LogP contribution in [0.3, 0.4) is 0 Å². The van der Waals surface area contributed by atoms with Gasteiger partial charge in [0.15, 0.2) is 5.65 Å². The second kappa shape index (κ2) is 5.22. The molecule has 0 radical (unpaired) electrons. The van der Waals surface area contributed by atoms with Gasteiger partial charge in [-0.25, -0.2) is 9.37 Å². The number of halogens is 1. The van der Waals surface area contributed by atoms with Gasteiger partial charge < -0.3 is 10.6 Å². The summed E-state index contributed by atoms with van der Waals surface area (Å²) in [5, 5.41) is 10.8. The van der Waals surface area contributed by atoms with Crippen LogP contribution in [0.2, 0.25) is 0 Å². The highest BCUT2D eigenvalue weighted by Gasteiger charge is 2.28. The molecule has 4 rings (SSSR count). The Balaban J connectivity index is 1.81. The smallest absolute Gasteiger partial charge is 0.163 e. The second-order valence-electron chi connectivity index (χ2n) is 6.03. The number of benzene rings is 1. The van der Waals surface area contributed by atoms with E-state index in [2.05, 4.69) is 20.7 Å². The number of aromatic nitrogens is 3. The highest BCUT2D eigenvalue weighted by molar-refractivity contribution is 5.66. The van der Waals surface area contributed by atoms with Crippen molar-refractivity contribution in [3.63, 3.8) is 0 Å². The lowest BCUT2D eigenvalue weighted by atomic mass is 10.2. The Kier molecular flexibility index (Phi) is 3.18. The van der Waals surface area contributed by atoms with Crippen molar-refractivity contribution in [2.45, 2.75) is 25.7 Å². The minimum absolute atomic E-state index is 0.259. The van der Waals surface area contributed by atoms with Crippen molar-refractivity contribution in [2.24, 2.45) is 0 Å². The molecule has 2 N–H and O–H groups in total. The third-order valence-electron chi connectivity index (χ3n) is 4.09. The molecule has 1 aromatic carbocycles. The van der Waals surface area contributed by atoms with Crippen molar-refractivity contribution in [2.75, 3.05) is 17.7 Å². The third kappa shape index (κ3) is 2.60. The van der Waals surface area contributed by atoms with Gasteiger partial charge in [0, 0.05) is 24.4 Å². The van der Waals surface area contributed by atoms with Gasteiger partial charge in [0.1, 0.15) is 17.5 Å². The van der Waals surface area contributed by atoms with Gasteiger partial charge in [-0.2, -0.15) is 9.61 Å². The first-order chi connectivity index (χ1) is 11.1. The number of anilines is 3.